The van der Waals surface area contributed by atoms with Crippen LogP contribution in [-0.2, 0) is 6.61 Å². The van der Waals surface area contributed by atoms with Gasteiger partial charge in [-0.15, -0.1) is 0 Å². The molecule has 0 N–H and O–H groups in total. The van der Waals surface area contributed by atoms with Crippen molar-refractivity contribution in [2.75, 3.05) is 14.2 Å². The summed E-state index contributed by atoms with van der Waals surface area (Å²) in [6.07, 6.45) is 0. The number of rotatable bonds is 5. The molecule has 21 heavy (non-hydrogen) atoms. The van der Waals surface area contributed by atoms with Crippen LogP contribution >= 0.6 is 0 Å². The molecular formula is C16H14FNO3. The zero-order valence-electron chi connectivity index (χ0n) is 11.7. The Morgan fingerprint density at radius 1 is 1.00 bits per heavy atom. The zero-order valence-corrected chi connectivity index (χ0v) is 11.7. The quantitative estimate of drug-likeness (QED) is 0.846. The highest BCUT2D eigenvalue weighted by Gasteiger charge is 2.13. The van der Waals surface area contributed by atoms with Gasteiger partial charge in [-0.05, 0) is 24.3 Å². The molecule has 0 aliphatic heterocycles. The van der Waals surface area contributed by atoms with Crippen LogP contribution in [0.5, 0.6) is 17.2 Å². The summed E-state index contributed by atoms with van der Waals surface area (Å²) in [6, 6.07) is 11.4. The molecule has 0 aromatic heterocycles. The van der Waals surface area contributed by atoms with Crippen molar-refractivity contribution in [1.82, 2.24) is 0 Å². The highest BCUT2D eigenvalue weighted by molar-refractivity contribution is 5.46. The first-order valence-corrected chi connectivity index (χ1v) is 6.22. The summed E-state index contributed by atoms with van der Waals surface area (Å²) in [6.45, 7) is 0.102. The molecular weight excluding hydrogens is 273 g/mol. The second kappa shape index (κ2) is 6.62. The molecule has 0 atom stereocenters. The summed E-state index contributed by atoms with van der Waals surface area (Å²) < 4.78 is 29.6. The van der Waals surface area contributed by atoms with Crippen molar-refractivity contribution in [2.45, 2.75) is 6.61 Å². The number of hydrogen-bond acceptors (Lipinski definition) is 4. The van der Waals surface area contributed by atoms with Crippen LogP contribution in [0.1, 0.15) is 11.1 Å². The average Bonchev–Trinajstić information content (AvgIpc) is 2.52. The van der Waals surface area contributed by atoms with Crippen LogP contribution in [-0.4, -0.2) is 14.2 Å². The molecule has 0 heterocycles. The van der Waals surface area contributed by atoms with Gasteiger partial charge in [-0.2, -0.15) is 5.26 Å². The van der Waals surface area contributed by atoms with Crippen molar-refractivity contribution >= 4 is 0 Å². The molecule has 0 saturated heterocycles. The molecule has 0 radical (unpaired) electrons. The Hall–Kier alpha value is -2.74. The van der Waals surface area contributed by atoms with Crippen LogP contribution in [0.25, 0.3) is 0 Å². The summed E-state index contributed by atoms with van der Waals surface area (Å²) in [5.41, 5.74) is 0.571. The van der Waals surface area contributed by atoms with Crippen molar-refractivity contribution in [2.24, 2.45) is 0 Å². The van der Waals surface area contributed by atoms with E-state index < -0.39 is 5.82 Å². The molecule has 0 bridgehead atoms. The number of ether oxygens (including phenoxy) is 3. The van der Waals surface area contributed by atoms with Gasteiger partial charge >= 0.3 is 0 Å². The van der Waals surface area contributed by atoms with E-state index in [9.17, 15) is 4.39 Å². The minimum atomic E-state index is -0.609. The first-order chi connectivity index (χ1) is 10.2. The molecule has 4 nitrogen and oxygen atoms in total. The molecule has 0 aliphatic carbocycles. The average molecular weight is 287 g/mol. The fourth-order valence-corrected chi connectivity index (χ4v) is 1.95. The summed E-state index contributed by atoms with van der Waals surface area (Å²) in [5.74, 6) is 0.779. The number of methoxy groups -OCH3 is 2. The van der Waals surface area contributed by atoms with E-state index in [0.717, 1.165) is 0 Å². The Balaban J connectivity index is 2.29. The number of nitrogens with zero attached hydrogens (tertiary/aromatic N) is 1. The highest BCUT2D eigenvalue weighted by atomic mass is 19.1. The van der Waals surface area contributed by atoms with Crippen LogP contribution in [0.15, 0.2) is 36.4 Å². The maximum atomic E-state index is 13.5. The summed E-state index contributed by atoms with van der Waals surface area (Å²) >= 11 is 0. The molecule has 0 unspecified atom stereocenters. The van der Waals surface area contributed by atoms with Crippen LogP contribution in [0.3, 0.4) is 0 Å². The predicted octanol–water partition coefficient (Wildman–Crippen LogP) is 3.29. The fourth-order valence-electron chi connectivity index (χ4n) is 1.95. The third-order valence-corrected chi connectivity index (χ3v) is 2.99. The highest BCUT2D eigenvalue weighted by Crippen LogP contribution is 2.30. The first-order valence-electron chi connectivity index (χ1n) is 6.22. The van der Waals surface area contributed by atoms with Crippen LogP contribution in [0.4, 0.5) is 4.39 Å². The fraction of sp³-hybridized carbons (Fsp3) is 0.188. The molecule has 0 spiro atoms. The van der Waals surface area contributed by atoms with Gasteiger partial charge in [-0.1, -0.05) is 12.1 Å². The summed E-state index contributed by atoms with van der Waals surface area (Å²) in [5, 5.41) is 8.98. The molecule has 5 heteroatoms. The second-order valence-electron chi connectivity index (χ2n) is 4.15. The maximum Gasteiger partial charge on any atom is 0.144 e. The van der Waals surface area contributed by atoms with Gasteiger partial charge < -0.3 is 14.2 Å². The number of halogens is 1. The standard InChI is InChI=1S/C16H14FNO3/c1-19-14-6-4-7-15(20-2)12(14)10-21-16-8-3-5-13(17)11(16)9-18/h3-8H,10H2,1-2H3. The lowest BCUT2D eigenvalue weighted by Gasteiger charge is -2.14. The SMILES string of the molecule is COc1cccc(OC)c1COc1cccc(F)c1C#N. The topological polar surface area (TPSA) is 51.5 Å². The number of nitriles is 1. The van der Waals surface area contributed by atoms with Crippen molar-refractivity contribution in [3.8, 4) is 23.3 Å². The van der Waals surface area contributed by atoms with Crippen molar-refractivity contribution in [3.63, 3.8) is 0 Å². The molecule has 0 aliphatic rings. The van der Waals surface area contributed by atoms with Crippen molar-refractivity contribution < 1.29 is 18.6 Å². The number of hydrogen-bond donors (Lipinski definition) is 0. The van der Waals surface area contributed by atoms with E-state index in [4.69, 9.17) is 19.5 Å². The first kappa shape index (κ1) is 14.7. The molecule has 0 amide bonds. The Bertz CT molecular complexity index is 657. The third kappa shape index (κ3) is 3.06. The monoisotopic (exact) mass is 287 g/mol. The molecule has 108 valence electrons. The lowest BCUT2D eigenvalue weighted by molar-refractivity contribution is 0.284. The Kier molecular flexibility index (Phi) is 4.62. The van der Waals surface area contributed by atoms with E-state index in [-0.39, 0.29) is 17.9 Å². The van der Waals surface area contributed by atoms with Crippen LogP contribution in [0.2, 0.25) is 0 Å². The molecule has 2 aromatic rings. The molecule has 0 fully saturated rings. The van der Waals surface area contributed by atoms with Gasteiger partial charge in [0, 0.05) is 0 Å². The summed E-state index contributed by atoms with van der Waals surface area (Å²) in [7, 11) is 3.09. The van der Waals surface area contributed by atoms with E-state index in [1.54, 1.807) is 44.6 Å². The Morgan fingerprint density at radius 2 is 1.57 bits per heavy atom. The smallest absolute Gasteiger partial charge is 0.144 e. The van der Waals surface area contributed by atoms with Crippen molar-refractivity contribution in [1.29, 1.82) is 5.26 Å². The van der Waals surface area contributed by atoms with Gasteiger partial charge in [-0.3, -0.25) is 0 Å². The lowest BCUT2D eigenvalue weighted by Crippen LogP contribution is -2.03. The van der Waals surface area contributed by atoms with E-state index >= 15 is 0 Å². The number of benzene rings is 2. The molecule has 0 saturated carbocycles. The van der Waals surface area contributed by atoms with E-state index in [2.05, 4.69) is 0 Å². The van der Waals surface area contributed by atoms with Gasteiger partial charge in [0.05, 0.1) is 19.8 Å². The van der Waals surface area contributed by atoms with Crippen LogP contribution in [0, 0.1) is 17.1 Å². The van der Waals surface area contributed by atoms with Crippen molar-refractivity contribution in [3.05, 3.63) is 53.3 Å². The van der Waals surface area contributed by atoms with Gasteiger partial charge in [0.2, 0.25) is 0 Å². The normalized spacial score (nSPS) is 9.81. The third-order valence-electron chi connectivity index (χ3n) is 2.99. The van der Waals surface area contributed by atoms with Gasteiger partial charge in [0.15, 0.2) is 0 Å². The minimum absolute atomic E-state index is 0.102. The van der Waals surface area contributed by atoms with E-state index in [1.807, 2.05) is 0 Å². The second-order valence-corrected chi connectivity index (χ2v) is 4.15. The Labute approximate surface area is 122 Å². The maximum absolute atomic E-state index is 13.5. The minimum Gasteiger partial charge on any atom is -0.496 e. The molecule has 2 aromatic carbocycles. The lowest BCUT2D eigenvalue weighted by atomic mass is 10.1. The summed E-state index contributed by atoms with van der Waals surface area (Å²) in [4.78, 5) is 0. The largest absolute Gasteiger partial charge is 0.496 e. The molecule has 2 rings (SSSR count). The van der Waals surface area contributed by atoms with Gasteiger partial charge in [0.25, 0.3) is 0 Å². The van der Waals surface area contributed by atoms with Gasteiger partial charge in [0.1, 0.15) is 41.3 Å². The zero-order chi connectivity index (χ0) is 15.2. The van der Waals surface area contributed by atoms with E-state index in [0.29, 0.717) is 17.1 Å². The van der Waals surface area contributed by atoms with E-state index in [1.165, 1.54) is 12.1 Å². The van der Waals surface area contributed by atoms with Gasteiger partial charge in [-0.25, -0.2) is 4.39 Å². The predicted molar refractivity (Wildman–Crippen MR) is 75.0 cm³/mol. The Morgan fingerprint density at radius 3 is 2.14 bits per heavy atom. The van der Waals surface area contributed by atoms with Crippen LogP contribution < -0.4 is 14.2 Å².